The van der Waals surface area contributed by atoms with E-state index in [-0.39, 0.29) is 24.4 Å². The molecule has 0 saturated carbocycles. The summed E-state index contributed by atoms with van der Waals surface area (Å²) in [5.41, 5.74) is 2.35. The van der Waals surface area contributed by atoms with Crippen LogP contribution in [0.1, 0.15) is 31.0 Å². The van der Waals surface area contributed by atoms with Gasteiger partial charge in [-0.15, -0.1) is 11.8 Å². The maximum Gasteiger partial charge on any atom is 0.243 e. The lowest BCUT2D eigenvalue weighted by Crippen LogP contribution is -2.45. The van der Waals surface area contributed by atoms with E-state index in [9.17, 15) is 9.59 Å². The molecule has 3 rings (SSSR count). The summed E-state index contributed by atoms with van der Waals surface area (Å²) in [6.45, 7) is 4.47. The first-order valence-corrected chi connectivity index (χ1v) is 9.85. The van der Waals surface area contributed by atoms with Gasteiger partial charge < -0.3 is 9.80 Å². The van der Waals surface area contributed by atoms with Gasteiger partial charge in [-0.25, -0.2) is 0 Å². The molecule has 0 fully saturated rings. The van der Waals surface area contributed by atoms with Crippen molar-refractivity contribution in [3.05, 3.63) is 59.7 Å². The number of hydrogen-bond acceptors (Lipinski definition) is 4. The van der Waals surface area contributed by atoms with Crippen molar-refractivity contribution < 1.29 is 9.59 Å². The molecule has 1 heterocycles. The third kappa shape index (κ3) is 3.99. The highest BCUT2D eigenvalue weighted by atomic mass is 32.2. The third-order valence-corrected chi connectivity index (χ3v) is 5.80. The first-order valence-electron chi connectivity index (χ1n) is 8.87. The van der Waals surface area contributed by atoms with Gasteiger partial charge in [0, 0.05) is 11.4 Å². The SMILES string of the molecule is CCN(C(=O)CN1C(=O)CSc2ccccc21)C(C)c1ccc(C#N)cc1. The van der Waals surface area contributed by atoms with Crippen LogP contribution in [0, 0.1) is 11.3 Å². The Labute approximate surface area is 163 Å². The van der Waals surface area contributed by atoms with Crippen LogP contribution in [0.4, 0.5) is 5.69 Å². The zero-order valence-corrected chi connectivity index (χ0v) is 16.2. The Kier molecular flexibility index (Phi) is 5.82. The average molecular weight is 379 g/mol. The average Bonchev–Trinajstić information content (AvgIpc) is 2.70. The molecular formula is C21H21N3O2S. The molecule has 0 spiro atoms. The van der Waals surface area contributed by atoms with E-state index in [4.69, 9.17) is 5.26 Å². The number of anilines is 1. The van der Waals surface area contributed by atoms with Crippen LogP contribution in [0.3, 0.4) is 0 Å². The second-order valence-corrected chi connectivity index (χ2v) is 7.34. The number of amides is 2. The normalized spacial score (nSPS) is 14.3. The topological polar surface area (TPSA) is 64.4 Å². The number of carbonyl (C=O) groups is 2. The van der Waals surface area contributed by atoms with Crippen molar-refractivity contribution in [3.63, 3.8) is 0 Å². The number of nitriles is 1. The zero-order chi connectivity index (χ0) is 19.4. The van der Waals surface area contributed by atoms with Crippen molar-refractivity contribution in [2.45, 2.75) is 24.8 Å². The molecule has 27 heavy (non-hydrogen) atoms. The second kappa shape index (κ2) is 8.28. The van der Waals surface area contributed by atoms with Crippen LogP contribution in [-0.2, 0) is 9.59 Å². The summed E-state index contributed by atoms with van der Waals surface area (Å²) < 4.78 is 0. The van der Waals surface area contributed by atoms with E-state index in [0.717, 1.165) is 16.1 Å². The number of carbonyl (C=O) groups excluding carboxylic acids is 2. The molecule has 0 N–H and O–H groups in total. The number of likely N-dealkylation sites (N-methyl/N-ethyl adjacent to an activating group) is 1. The summed E-state index contributed by atoms with van der Waals surface area (Å²) in [7, 11) is 0. The van der Waals surface area contributed by atoms with Crippen molar-refractivity contribution in [2.75, 3.05) is 23.7 Å². The van der Waals surface area contributed by atoms with E-state index in [0.29, 0.717) is 17.9 Å². The van der Waals surface area contributed by atoms with Crippen molar-refractivity contribution in [1.29, 1.82) is 5.26 Å². The molecule has 0 aromatic heterocycles. The Morgan fingerprint density at radius 2 is 1.96 bits per heavy atom. The number of hydrogen-bond donors (Lipinski definition) is 0. The fourth-order valence-electron chi connectivity index (χ4n) is 3.24. The lowest BCUT2D eigenvalue weighted by atomic mass is 10.0. The molecule has 0 aliphatic carbocycles. The van der Waals surface area contributed by atoms with Gasteiger partial charge >= 0.3 is 0 Å². The molecule has 2 amide bonds. The van der Waals surface area contributed by atoms with Crippen molar-refractivity contribution in [2.24, 2.45) is 0 Å². The standard InChI is InChI=1S/C21H21N3O2S/c1-3-23(15(2)17-10-8-16(12-22)9-11-17)20(25)13-24-18-6-4-5-7-19(18)27-14-21(24)26/h4-11,15H,3,13-14H2,1-2H3. The van der Waals surface area contributed by atoms with Crippen LogP contribution in [0.15, 0.2) is 53.4 Å². The van der Waals surface area contributed by atoms with Crippen LogP contribution in [0.25, 0.3) is 0 Å². The summed E-state index contributed by atoms with van der Waals surface area (Å²) in [4.78, 5) is 29.8. The Bertz CT molecular complexity index is 889. The quantitative estimate of drug-likeness (QED) is 0.796. The number of fused-ring (bicyclic) bond motifs is 1. The molecule has 5 nitrogen and oxygen atoms in total. The van der Waals surface area contributed by atoms with E-state index in [2.05, 4.69) is 6.07 Å². The first kappa shape index (κ1) is 19.0. The summed E-state index contributed by atoms with van der Waals surface area (Å²) in [5, 5.41) is 8.94. The number of benzene rings is 2. The minimum Gasteiger partial charge on any atom is -0.335 e. The minimum absolute atomic E-state index is 0.0326. The van der Waals surface area contributed by atoms with Gasteiger partial charge in [-0.3, -0.25) is 9.59 Å². The van der Waals surface area contributed by atoms with Gasteiger partial charge in [0.05, 0.1) is 29.1 Å². The third-order valence-electron chi connectivity index (χ3n) is 4.75. The van der Waals surface area contributed by atoms with Crippen molar-refractivity contribution in [3.8, 4) is 6.07 Å². The van der Waals surface area contributed by atoms with Crippen molar-refractivity contribution in [1.82, 2.24) is 4.90 Å². The number of para-hydroxylation sites is 1. The Morgan fingerprint density at radius 3 is 2.63 bits per heavy atom. The van der Waals surface area contributed by atoms with E-state index in [1.165, 1.54) is 11.8 Å². The van der Waals surface area contributed by atoms with Gasteiger partial charge in [-0.2, -0.15) is 5.26 Å². The molecule has 1 atom stereocenters. The highest BCUT2D eigenvalue weighted by Crippen LogP contribution is 2.35. The van der Waals surface area contributed by atoms with E-state index >= 15 is 0 Å². The maximum atomic E-state index is 13.0. The molecule has 138 valence electrons. The smallest absolute Gasteiger partial charge is 0.243 e. The largest absolute Gasteiger partial charge is 0.335 e. The van der Waals surface area contributed by atoms with Crippen LogP contribution in [0.2, 0.25) is 0 Å². The molecule has 0 saturated heterocycles. The lowest BCUT2D eigenvalue weighted by Gasteiger charge is -2.33. The Hall–Kier alpha value is -2.78. The minimum atomic E-state index is -0.139. The molecule has 0 bridgehead atoms. The second-order valence-electron chi connectivity index (χ2n) is 6.33. The number of thioether (sulfide) groups is 1. The first-order chi connectivity index (χ1) is 13.0. The maximum absolute atomic E-state index is 13.0. The Balaban J connectivity index is 1.79. The summed E-state index contributed by atoms with van der Waals surface area (Å²) >= 11 is 1.51. The predicted molar refractivity (Wildman–Crippen MR) is 106 cm³/mol. The summed E-state index contributed by atoms with van der Waals surface area (Å²) in [5.74, 6) is 0.209. The molecule has 2 aromatic rings. The molecule has 1 aliphatic rings. The van der Waals surface area contributed by atoms with Crippen LogP contribution >= 0.6 is 11.8 Å². The monoisotopic (exact) mass is 379 g/mol. The van der Waals surface area contributed by atoms with Gasteiger partial charge in [-0.1, -0.05) is 24.3 Å². The van der Waals surface area contributed by atoms with Gasteiger partial charge in [0.15, 0.2) is 0 Å². The fourth-order valence-corrected chi connectivity index (χ4v) is 4.17. The van der Waals surface area contributed by atoms with Crippen molar-refractivity contribution >= 4 is 29.3 Å². The highest BCUT2D eigenvalue weighted by Gasteiger charge is 2.29. The van der Waals surface area contributed by atoms with Gasteiger partial charge in [0.2, 0.25) is 11.8 Å². The van der Waals surface area contributed by atoms with E-state index in [1.807, 2.05) is 50.2 Å². The molecular weight excluding hydrogens is 358 g/mol. The number of rotatable bonds is 5. The molecule has 1 unspecified atom stereocenters. The van der Waals surface area contributed by atoms with Crippen LogP contribution in [0.5, 0.6) is 0 Å². The highest BCUT2D eigenvalue weighted by molar-refractivity contribution is 8.00. The van der Waals surface area contributed by atoms with E-state index < -0.39 is 0 Å². The zero-order valence-electron chi connectivity index (χ0n) is 15.4. The Morgan fingerprint density at radius 1 is 1.26 bits per heavy atom. The van der Waals surface area contributed by atoms with Crippen LogP contribution in [-0.4, -0.2) is 35.6 Å². The number of nitrogens with zero attached hydrogens (tertiary/aromatic N) is 3. The molecule has 6 heteroatoms. The summed E-state index contributed by atoms with van der Waals surface area (Å²) in [6, 6.07) is 16.9. The lowest BCUT2D eigenvalue weighted by molar-refractivity contribution is -0.133. The van der Waals surface area contributed by atoms with E-state index in [1.54, 1.807) is 21.9 Å². The fraction of sp³-hybridized carbons (Fsp3) is 0.286. The van der Waals surface area contributed by atoms with Gasteiger partial charge in [0.1, 0.15) is 6.54 Å². The van der Waals surface area contributed by atoms with Crippen LogP contribution < -0.4 is 4.90 Å². The molecule has 0 radical (unpaired) electrons. The van der Waals surface area contributed by atoms with Gasteiger partial charge in [-0.05, 0) is 43.7 Å². The summed E-state index contributed by atoms with van der Waals surface area (Å²) in [6.07, 6.45) is 0. The molecule has 2 aromatic carbocycles. The predicted octanol–water partition coefficient (Wildman–Crippen LogP) is 3.61. The molecule has 1 aliphatic heterocycles. The van der Waals surface area contributed by atoms with Gasteiger partial charge in [0.25, 0.3) is 0 Å².